The average Bonchev–Trinajstić information content (AvgIpc) is 2.73. The SMILES string of the molecule is Cc1nc(CC(CO)c2ccccc2F)cs1. The topological polar surface area (TPSA) is 33.1 Å². The molecule has 1 aromatic heterocycles. The van der Waals surface area contributed by atoms with Gasteiger partial charge in [0.1, 0.15) is 5.82 Å². The smallest absolute Gasteiger partial charge is 0.126 e. The van der Waals surface area contributed by atoms with Crippen molar-refractivity contribution in [3.05, 3.63) is 51.7 Å². The van der Waals surface area contributed by atoms with Crippen molar-refractivity contribution in [2.24, 2.45) is 0 Å². The molecule has 0 aliphatic carbocycles. The number of halogens is 1. The highest BCUT2D eigenvalue weighted by atomic mass is 32.1. The third-order valence-corrected chi connectivity index (χ3v) is 3.51. The number of nitrogens with zero attached hydrogens (tertiary/aromatic N) is 1. The van der Waals surface area contributed by atoms with E-state index in [4.69, 9.17) is 0 Å². The van der Waals surface area contributed by atoms with Gasteiger partial charge in [0.15, 0.2) is 0 Å². The third kappa shape index (κ3) is 2.90. The van der Waals surface area contributed by atoms with Gasteiger partial charge in [0.25, 0.3) is 0 Å². The number of hydrogen-bond donors (Lipinski definition) is 1. The van der Waals surface area contributed by atoms with Crippen molar-refractivity contribution in [1.29, 1.82) is 0 Å². The largest absolute Gasteiger partial charge is 0.396 e. The highest BCUT2D eigenvalue weighted by Gasteiger charge is 2.16. The van der Waals surface area contributed by atoms with Gasteiger partial charge >= 0.3 is 0 Å². The minimum atomic E-state index is -0.265. The Hall–Kier alpha value is -1.26. The Kier molecular flexibility index (Phi) is 3.86. The molecule has 0 saturated heterocycles. The Morgan fingerprint density at radius 3 is 2.76 bits per heavy atom. The van der Waals surface area contributed by atoms with E-state index in [-0.39, 0.29) is 18.3 Å². The van der Waals surface area contributed by atoms with Crippen LogP contribution in [0.25, 0.3) is 0 Å². The predicted octanol–water partition coefficient (Wildman–Crippen LogP) is 2.91. The van der Waals surface area contributed by atoms with Crippen LogP contribution in [-0.4, -0.2) is 16.7 Å². The number of aryl methyl sites for hydroxylation is 1. The van der Waals surface area contributed by atoms with Crippen molar-refractivity contribution >= 4 is 11.3 Å². The average molecular weight is 251 g/mol. The van der Waals surface area contributed by atoms with E-state index in [1.165, 1.54) is 6.07 Å². The lowest BCUT2D eigenvalue weighted by molar-refractivity contribution is 0.261. The Bertz CT molecular complexity index is 498. The molecule has 17 heavy (non-hydrogen) atoms. The first-order chi connectivity index (χ1) is 8.20. The molecule has 1 atom stereocenters. The second-order valence-corrected chi connectivity index (χ2v) is 5.03. The Morgan fingerprint density at radius 2 is 2.18 bits per heavy atom. The maximum atomic E-state index is 13.6. The molecule has 2 nitrogen and oxygen atoms in total. The number of rotatable bonds is 4. The molecule has 0 bridgehead atoms. The zero-order valence-electron chi connectivity index (χ0n) is 9.56. The van der Waals surface area contributed by atoms with E-state index in [9.17, 15) is 9.50 Å². The lowest BCUT2D eigenvalue weighted by Crippen LogP contribution is -2.10. The Balaban J connectivity index is 2.20. The van der Waals surface area contributed by atoms with Crippen LogP contribution in [0.1, 0.15) is 22.2 Å². The van der Waals surface area contributed by atoms with Crippen molar-refractivity contribution < 1.29 is 9.50 Å². The zero-order valence-corrected chi connectivity index (χ0v) is 10.4. The third-order valence-electron chi connectivity index (χ3n) is 2.69. The Morgan fingerprint density at radius 1 is 1.41 bits per heavy atom. The van der Waals surface area contributed by atoms with Gasteiger partial charge in [-0.2, -0.15) is 0 Å². The molecule has 90 valence electrons. The van der Waals surface area contributed by atoms with E-state index in [0.717, 1.165) is 10.7 Å². The van der Waals surface area contributed by atoms with E-state index in [2.05, 4.69) is 4.98 Å². The molecule has 2 rings (SSSR count). The van der Waals surface area contributed by atoms with E-state index in [1.807, 2.05) is 12.3 Å². The molecule has 1 unspecified atom stereocenters. The number of benzene rings is 1. The van der Waals surface area contributed by atoms with E-state index >= 15 is 0 Å². The van der Waals surface area contributed by atoms with Crippen LogP contribution in [0.4, 0.5) is 4.39 Å². The van der Waals surface area contributed by atoms with Gasteiger partial charge in [0.2, 0.25) is 0 Å². The number of aliphatic hydroxyl groups excluding tert-OH is 1. The number of aromatic nitrogens is 1. The second kappa shape index (κ2) is 5.38. The summed E-state index contributed by atoms with van der Waals surface area (Å²) in [6.07, 6.45) is 0.571. The van der Waals surface area contributed by atoms with E-state index < -0.39 is 0 Å². The van der Waals surface area contributed by atoms with Gasteiger partial charge < -0.3 is 5.11 Å². The fourth-order valence-electron chi connectivity index (χ4n) is 1.83. The summed E-state index contributed by atoms with van der Waals surface area (Å²) in [5.41, 5.74) is 1.47. The van der Waals surface area contributed by atoms with Gasteiger partial charge in [-0.25, -0.2) is 9.37 Å². The lowest BCUT2D eigenvalue weighted by atomic mass is 9.95. The molecule has 0 saturated carbocycles. The molecule has 2 aromatic rings. The summed E-state index contributed by atoms with van der Waals surface area (Å²) in [5, 5.41) is 12.3. The van der Waals surface area contributed by atoms with Crippen molar-refractivity contribution in [3.8, 4) is 0 Å². The molecule has 0 radical (unpaired) electrons. The molecule has 0 aliphatic rings. The van der Waals surface area contributed by atoms with Gasteiger partial charge in [-0.15, -0.1) is 11.3 Å². The van der Waals surface area contributed by atoms with Gasteiger partial charge in [0.05, 0.1) is 17.3 Å². The maximum absolute atomic E-state index is 13.6. The molecule has 0 aliphatic heterocycles. The number of hydrogen-bond acceptors (Lipinski definition) is 3. The van der Waals surface area contributed by atoms with Crippen LogP contribution in [0.2, 0.25) is 0 Å². The number of thiazole rings is 1. The van der Waals surface area contributed by atoms with Crippen molar-refractivity contribution in [3.63, 3.8) is 0 Å². The molecule has 1 heterocycles. The summed E-state index contributed by atoms with van der Waals surface area (Å²) in [7, 11) is 0. The molecular weight excluding hydrogens is 237 g/mol. The summed E-state index contributed by atoms with van der Waals surface area (Å²) in [6, 6.07) is 6.58. The predicted molar refractivity (Wildman–Crippen MR) is 66.8 cm³/mol. The maximum Gasteiger partial charge on any atom is 0.126 e. The molecule has 1 N–H and O–H groups in total. The summed E-state index contributed by atoms with van der Waals surface area (Å²) in [4.78, 5) is 4.34. The molecule has 1 aromatic carbocycles. The van der Waals surface area contributed by atoms with Crippen molar-refractivity contribution in [1.82, 2.24) is 4.98 Å². The van der Waals surface area contributed by atoms with Crippen LogP contribution in [0, 0.1) is 12.7 Å². The Labute approximate surface area is 104 Å². The molecule has 4 heteroatoms. The highest BCUT2D eigenvalue weighted by molar-refractivity contribution is 7.09. The standard InChI is InChI=1S/C13H14FNOS/c1-9-15-11(8-17-9)6-10(7-16)12-4-2-3-5-13(12)14/h2-5,8,10,16H,6-7H2,1H3. The second-order valence-electron chi connectivity index (χ2n) is 3.96. The van der Waals surface area contributed by atoms with E-state index in [0.29, 0.717) is 12.0 Å². The van der Waals surface area contributed by atoms with Gasteiger partial charge in [-0.1, -0.05) is 18.2 Å². The minimum Gasteiger partial charge on any atom is -0.396 e. The van der Waals surface area contributed by atoms with Crippen LogP contribution < -0.4 is 0 Å². The zero-order chi connectivity index (χ0) is 12.3. The van der Waals surface area contributed by atoms with Crippen molar-refractivity contribution in [2.45, 2.75) is 19.3 Å². The first kappa shape index (κ1) is 12.2. The molecule has 0 fully saturated rings. The minimum absolute atomic E-state index is 0.0719. The summed E-state index contributed by atoms with van der Waals surface area (Å²) in [5.74, 6) is -0.490. The van der Waals surface area contributed by atoms with Crippen LogP contribution in [0.5, 0.6) is 0 Å². The fraction of sp³-hybridized carbons (Fsp3) is 0.308. The molecule has 0 spiro atoms. The van der Waals surface area contributed by atoms with Gasteiger partial charge in [-0.3, -0.25) is 0 Å². The molecular formula is C13H14FNOS. The van der Waals surface area contributed by atoms with Crippen LogP contribution >= 0.6 is 11.3 Å². The molecule has 0 amide bonds. The monoisotopic (exact) mass is 251 g/mol. The van der Waals surface area contributed by atoms with Gasteiger partial charge in [0, 0.05) is 11.3 Å². The quantitative estimate of drug-likeness (QED) is 0.906. The fourth-order valence-corrected chi connectivity index (χ4v) is 2.46. The van der Waals surface area contributed by atoms with E-state index in [1.54, 1.807) is 29.5 Å². The van der Waals surface area contributed by atoms with Gasteiger partial charge in [-0.05, 0) is 25.0 Å². The summed E-state index contributed by atoms with van der Waals surface area (Å²) >= 11 is 1.57. The van der Waals surface area contributed by atoms with Crippen LogP contribution in [0.3, 0.4) is 0 Å². The first-order valence-electron chi connectivity index (χ1n) is 5.47. The van der Waals surface area contributed by atoms with Crippen LogP contribution in [-0.2, 0) is 6.42 Å². The van der Waals surface area contributed by atoms with Crippen LogP contribution in [0.15, 0.2) is 29.6 Å². The lowest BCUT2D eigenvalue weighted by Gasteiger charge is -2.13. The van der Waals surface area contributed by atoms with Crippen molar-refractivity contribution in [2.75, 3.05) is 6.61 Å². The number of aliphatic hydroxyl groups is 1. The summed E-state index contributed by atoms with van der Waals surface area (Å²) < 4.78 is 13.6. The highest BCUT2D eigenvalue weighted by Crippen LogP contribution is 2.23. The summed E-state index contributed by atoms with van der Waals surface area (Å²) in [6.45, 7) is 1.86. The first-order valence-corrected chi connectivity index (χ1v) is 6.35. The normalized spacial score (nSPS) is 12.6.